The molecule has 2 aromatic rings. The fraction of sp³-hybridized carbons (Fsp3) is 0.312. The molecule has 0 aliphatic carbocycles. The summed E-state index contributed by atoms with van der Waals surface area (Å²) in [5.41, 5.74) is 0.270. The Morgan fingerprint density at radius 1 is 1.31 bits per heavy atom. The van der Waals surface area contributed by atoms with Crippen molar-refractivity contribution in [1.29, 1.82) is 0 Å². The van der Waals surface area contributed by atoms with E-state index in [0.717, 1.165) is 4.31 Å². The number of aliphatic carboxylic acids is 1. The molecule has 1 heterocycles. The number of hydrogen-bond acceptors (Lipinski definition) is 6. The van der Waals surface area contributed by atoms with Crippen LogP contribution in [0.3, 0.4) is 0 Å². The van der Waals surface area contributed by atoms with Crippen molar-refractivity contribution in [3.05, 3.63) is 36.5 Å². The second-order valence-corrected chi connectivity index (χ2v) is 7.34. The maximum atomic E-state index is 13.2. The van der Waals surface area contributed by atoms with Gasteiger partial charge in [0.2, 0.25) is 15.9 Å². The predicted octanol–water partition coefficient (Wildman–Crippen LogP) is 0.942. The van der Waals surface area contributed by atoms with Crippen molar-refractivity contribution < 1.29 is 27.6 Å². The fourth-order valence-corrected chi connectivity index (χ4v) is 4.15. The number of carboxylic acids is 1. The molecule has 0 aliphatic heterocycles. The number of carbonyl (C=O) groups is 2. The van der Waals surface area contributed by atoms with E-state index in [1.807, 2.05) is 0 Å². The summed E-state index contributed by atoms with van der Waals surface area (Å²) >= 11 is 0. The van der Waals surface area contributed by atoms with Gasteiger partial charge in [-0.15, -0.1) is 0 Å². The maximum Gasteiger partial charge on any atom is 0.321 e. The Balaban J connectivity index is 2.47. The van der Waals surface area contributed by atoms with Crippen LogP contribution in [0, 0.1) is 0 Å². The fourth-order valence-electron chi connectivity index (χ4n) is 2.36. The van der Waals surface area contributed by atoms with Crippen molar-refractivity contribution in [2.24, 2.45) is 0 Å². The number of carbonyl (C=O) groups excluding carboxylic acids is 1. The second-order valence-electron chi connectivity index (χ2n) is 5.49. The van der Waals surface area contributed by atoms with Gasteiger partial charge >= 0.3 is 5.97 Å². The number of aromatic nitrogens is 1. The Bertz CT molecular complexity index is 879. The number of nitrogens with one attached hydrogen (secondary N) is 1. The molecule has 1 aromatic heterocycles. The van der Waals surface area contributed by atoms with Crippen molar-refractivity contribution in [2.45, 2.75) is 24.8 Å². The van der Waals surface area contributed by atoms with Crippen LogP contribution in [0.4, 0.5) is 0 Å². The zero-order valence-corrected chi connectivity index (χ0v) is 15.1. The van der Waals surface area contributed by atoms with Crippen LogP contribution in [0.15, 0.2) is 45.9 Å². The standard InChI is InChI=1S/C16H19N3O6S/c1-11(16(21)22)19(10-9-17-12(2)20)26(23,24)15-6-4-3-5-13(15)14-7-8-18-25-14/h3-8,11H,9-10H2,1-2H3,(H,17,20)(H,21,22). The van der Waals surface area contributed by atoms with Crippen molar-refractivity contribution in [1.82, 2.24) is 14.8 Å². The highest BCUT2D eigenvalue weighted by atomic mass is 32.2. The van der Waals surface area contributed by atoms with E-state index in [1.54, 1.807) is 12.1 Å². The van der Waals surface area contributed by atoms with E-state index in [1.165, 1.54) is 38.2 Å². The molecular weight excluding hydrogens is 362 g/mol. The van der Waals surface area contributed by atoms with E-state index < -0.39 is 22.0 Å². The van der Waals surface area contributed by atoms with Crippen LogP contribution in [0.25, 0.3) is 11.3 Å². The summed E-state index contributed by atoms with van der Waals surface area (Å²) in [7, 11) is -4.19. The van der Waals surface area contributed by atoms with Gasteiger partial charge in [0.15, 0.2) is 5.76 Å². The lowest BCUT2D eigenvalue weighted by Crippen LogP contribution is -2.46. The lowest BCUT2D eigenvalue weighted by Gasteiger charge is -2.26. The number of amides is 1. The summed E-state index contributed by atoms with van der Waals surface area (Å²) in [6, 6.07) is 6.27. The molecule has 1 aromatic carbocycles. The van der Waals surface area contributed by atoms with Crippen LogP contribution in [-0.2, 0) is 19.6 Å². The van der Waals surface area contributed by atoms with Gasteiger partial charge in [-0.1, -0.05) is 17.3 Å². The van der Waals surface area contributed by atoms with Crippen molar-refractivity contribution >= 4 is 21.9 Å². The largest absolute Gasteiger partial charge is 0.480 e. The van der Waals surface area contributed by atoms with Gasteiger partial charge in [0, 0.05) is 31.6 Å². The third kappa shape index (κ3) is 4.27. The molecule has 9 nitrogen and oxygen atoms in total. The van der Waals surface area contributed by atoms with Crippen LogP contribution in [-0.4, -0.2) is 54.0 Å². The first-order valence-electron chi connectivity index (χ1n) is 7.74. The summed E-state index contributed by atoms with van der Waals surface area (Å²) in [6.07, 6.45) is 1.38. The van der Waals surface area contributed by atoms with Crippen LogP contribution in [0.1, 0.15) is 13.8 Å². The molecule has 0 spiro atoms. The second kappa shape index (κ2) is 8.11. The van der Waals surface area contributed by atoms with E-state index in [4.69, 9.17) is 4.52 Å². The summed E-state index contributed by atoms with van der Waals surface area (Å²) in [5.74, 6) is -1.39. The Morgan fingerprint density at radius 2 is 2.00 bits per heavy atom. The third-order valence-electron chi connectivity index (χ3n) is 3.67. The molecule has 0 aliphatic rings. The Hall–Kier alpha value is -2.72. The van der Waals surface area contributed by atoms with E-state index >= 15 is 0 Å². The average molecular weight is 381 g/mol. The van der Waals surface area contributed by atoms with Gasteiger partial charge in [-0.2, -0.15) is 4.31 Å². The molecule has 26 heavy (non-hydrogen) atoms. The van der Waals surface area contributed by atoms with Gasteiger partial charge in [-0.05, 0) is 19.1 Å². The van der Waals surface area contributed by atoms with Crippen LogP contribution in [0.5, 0.6) is 0 Å². The normalized spacial score (nSPS) is 12.7. The van der Waals surface area contributed by atoms with Gasteiger partial charge < -0.3 is 14.9 Å². The van der Waals surface area contributed by atoms with Crippen molar-refractivity contribution in [3.8, 4) is 11.3 Å². The molecule has 2 rings (SSSR count). The Labute approximate surface area is 150 Å². The zero-order valence-electron chi connectivity index (χ0n) is 14.2. The smallest absolute Gasteiger partial charge is 0.321 e. The van der Waals surface area contributed by atoms with Gasteiger partial charge in [0.1, 0.15) is 6.04 Å². The molecule has 0 bridgehead atoms. The first-order chi connectivity index (χ1) is 12.2. The number of benzene rings is 1. The summed E-state index contributed by atoms with van der Waals surface area (Å²) in [4.78, 5) is 22.3. The van der Waals surface area contributed by atoms with Crippen LogP contribution >= 0.6 is 0 Å². The SMILES string of the molecule is CC(=O)NCCN(C(C)C(=O)O)S(=O)(=O)c1ccccc1-c1ccno1. The average Bonchev–Trinajstić information content (AvgIpc) is 3.12. The highest BCUT2D eigenvalue weighted by Gasteiger charge is 2.34. The van der Waals surface area contributed by atoms with Gasteiger partial charge in [-0.25, -0.2) is 8.42 Å². The quantitative estimate of drug-likeness (QED) is 0.696. The lowest BCUT2D eigenvalue weighted by atomic mass is 10.2. The van der Waals surface area contributed by atoms with Gasteiger partial charge in [-0.3, -0.25) is 9.59 Å². The van der Waals surface area contributed by atoms with Crippen LogP contribution in [0.2, 0.25) is 0 Å². The number of hydrogen-bond donors (Lipinski definition) is 2. The van der Waals surface area contributed by atoms with E-state index in [0.29, 0.717) is 0 Å². The minimum Gasteiger partial charge on any atom is -0.480 e. The van der Waals surface area contributed by atoms with E-state index in [-0.39, 0.29) is 35.2 Å². The molecule has 1 amide bonds. The highest BCUT2D eigenvalue weighted by Crippen LogP contribution is 2.29. The molecule has 0 fully saturated rings. The lowest BCUT2D eigenvalue weighted by molar-refractivity contribution is -0.140. The third-order valence-corrected chi connectivity index (χ3v) is 5.70. The maximum absolute atomic E-state index is 13.2. The van der Waals surface area contributed by atoms with Crippen molar-refractivity contribution in [2.75, 3.05) is 13.1 Å². The summed E-state index contributed by atoms with van der Waals surface area (Å²) in [6.45, 7) is 2.35. The topological polar surface area (TPSA) is 130 Å². The molecule has 0 radical (unpaired) electrons. The number of sulfonamides is 1. The van der Waals surface area contributed by atoms with Gasteiger partial charge in [0.05, 0.1) is 11.1 Å². The zero-order chi connectivity index (χ0) is 19.3. The van der Waals surface area contributed by atoms with Crippen LogP contribution < -0.4 is 5.32 Å². The van der Waals surface area contributed by atoms with Gasteiger partial charge in [0.25, 0.3) is 0 Å². The minimum atomic E-state index is -4.19. The highest BCUT2D eigenvalue weighted by molar-refractivity contribution is 7.89. The first-order valence-corrected chi connectivity index (χ1v) is 9.18. The molecule has 140 valence electrons. The van der Waals surface area contributed by atoms with E-state index in [9.17, 15) is 23.1 Å². The monoisotopic (exact) mass is 381 g/mol. The molecule has 1 unspecified atom stereocenters. The number of nitrogens with zero attached hydrogens (tertiary/aromatic N) is 2. The number of carboxylic acid groups (broad SMARTS) is 1. The molecule has 1 atom stereocenters. The molecular formula is C16H19N3O6S. The van der Waals surface area contributed by atoms with Crippen molar-refractivity contribution in [3.63, 3.8) is 0 Å². The van der Waals surface area contributed by atoms with E-state index in [2.05, 4.69) is 10.5 Å². The summed E-state index contributed by atoms with van der Waals surface area (Å²) in [5, 5.41) is 15.3. The first kappa shape index (κ1) is 19.6. The Kier molecular flexibility index (Phi) is 6.11. The molecule has 2 N–H and O–H groups in total. The molecule has 0 saturated carbocycles. The number of rotatable bonds is 8. The Morgan fingerprint density at radius 3 is 2.58 bits per heavy atom. The molecule has 10 heteroatoms. The minimum absolute atomic E-state index is 0.0172. The summed E-state index contributed by atoms with van der Waals surface area (Å²) < 4.78 is 32.2. The molecule has 0 saturated heterocycles. The predicted molar refractivity (Wildman–Crippen MR) is 91.6 cm³/mol.